The Morgan fingerprint density at radius 1 is 0.647 bits per heavy atom. The van der Waals surface area contributed by atoms with E-state index in [0.29, 0.717) is 0 Å². The van der Waals surface area contributed by atoms with Crippen molar-refractivity contribution >= 4 is 23.9 Å². The lowest BCUT2D eigenvalue weighted by Crippen LogP contribution is -2.57. The predicted molar refractivity (Wildman–Crippen MR) is 49.3 cm³/mol. The van der Waals surface area contributed by atoms with Gasteiger partial charge in [0.15, 0.2) is 10.8 Å². The number of carbonyl (C=O) groups is 4. The van der Waals surface area contributed by atoms with Gasteiger partial charge in [0, 0.05) is 0 Å². The maximum atomic E-state index is 11.1. The number of carboxylic acids is 4. The van der Waals surface area contributed by atoms with E-state index in [-0.39, 0.29) is 6.42 Å². The van der Waals surface area contributed by atoms with Crippen LogP contribution in [0.2, 0.25) is 0 Å². The highest BCUT2D eigenvalue weighted by Crippen LogP contribution is 2.54. The lowest BCUT2D eigenvalue weighted by atomic mass is 9.65. The highest BCUT2D eigenvalue weighted by atomic mass is 16.4. The van der Waals surface area contributed by atoms with Crippen molar-refractivity contribution in [3.8, 4) is 0 Å². The van der Waals surface area contributed by atoms with Crippen LogP contribution < -0.4 is 0 Å². The molecule has 8 nitrogen and oxygen atoms in total. The average Bonchev–Trinajstić information content (AvgIpc) is 2.58. The van der Waals surface area contributed by atoms with Gasteiger partial charge in [-0.2, -0.15) is 0 Å². The van der Waals surface area contributed by atoms with Crippen LogP contribution in [0.5, 0.6) is 0 Å². The number of aliphatic carboxylic acids is 4. The molecule has 0 radical (unpaired) electrons. The predicted octanol–water partition coefficient (Wildman–Crippen LogP) is -0.519. The molecule has 0 aliphatic heterocycles. The second-order valence-corrected chi connectivity index (χ2v) is 3.88. The van der Waals surface area contributed by atoms with Gasteiger partial charge in [-0.25, -0.2) is 0 Å². The van der Waals surface area contributed by atoms with Crippen molar-refractivity contribution in [3.05, 3.63) is 0 Å². The molecule has 0 saturated heterocycles. The van der Waals surface area contributed by atoms with E-state index in [1.54, 1.807) is 0 Å². The van der Waals surface area contributed by atoms with Crippen LogP contribution in [-0.2, 0) is 19.2 Å². The quantitative estimate of drug-likeness (QED) is 0.484. The van der Waals surface area contributed by atoms with E-state index < -0.39 is 47.5 Å². The highest BCUT2D eigenvalue weighted by molar-refractivity contribution is 6.13. The van der Waals surface area contributed by atoms with E-state index in [2.05, 4.69) is 0 Å². The molecule has 0 aromatic rings. The van der Waals surface area contributed by atoms with E-state index in [0.717, 1.165) is 0 Å². The molecule has 4 N–H and O–H groups in total. The van der Waals surface area contributed by atoms with Crippen molar-refractivity contribution in [3.63, 3.8) is 0 Å². The fraction of sp³-hybridized carbons (Fsp3) is 0.556. The summed E-state index contributed by atoms with van der Waals surface area (Å²) >= 11 is 0. The van der Waals surface area contributed by atoms with Gasteiger partial charge in [-0.1, -0.05) is 0 Å². The van der Waals surface area contributed by atoms with Crippen LogP contribution in [0.3, 0.4) is 0 Å². The smallest absolute Gasteiger partial charge is 0.322 e. The maximum absolute atomic E-state index is 11.1. The molecule has 1 saturated carbocycles. The second-order valence-electron chi connectivity index (χ2n) is 3.88. The molecule has 1 rings (SSSR count). The van der Waals surface area contributed by atoms with Crippen LogP contribution in [-0.4, -0.2) is 44.3 Å². The summed E-state index contributed by atoms with van der Waals surface area (Å²) in [6.45, 7) is 0. The molecule has 0 unspecified atom stereocenters. The maximum Gasteiger partial charge on any atom is 0.322 e. The SMILES string of the molecule is O=C(O)C1(C(=O)O)CCCC1(C(=O)O)C(=O)O. The Kier molecular flexibility index (Phi) is 2.83. The molecule has 94 valence electrons. The molecular formula is C9H10O8. The zero-order valence-electron chi connectivity index (χ0n) is 8.54. The van der Waals surface area contributed by atoms with E-state index in [9.17, 15) is 19.2 Å². The molecule has 1 aliphatic carbocycles. The Balaban J connectivity index is 3.58. The van der Waals surface area contributed by atoms with Crippen LogP contribution in [0.25, 0.3) is 0 Å². The third-order valence-electron chi connectivity index (χ3n) is 3.29. The van der Waals surface area contributed by atoms with Crippen LogP contribution in [0.1, 0.15) is 19.3 Å². The van der Waals surface area contributed by atoms with E-state index in [1.807, 2.05) is 0 Å². The van der Waals surface area contributed by atoms with E-state index >= 15 is 0 Å². The molecule has 0 aromatic carbocycles. The first-order valence-corrected chi connectivity index (χ1v) is 4.67. The first-order chi connectivity index (χ1) is 7.73. The van der Waals surface area contributed by atoms with E-state index in [4.69, 9.17) is 20.4 Å². The summed E-state index contributed by atoms with van der Waals surface area (Å²) in [6.07, 6.45) is -1.12. The van der Waals surface area contributed by atoms with Crippen molar-refractivity contribution < 1.29 is 39.6 Å². The van der Waals surface area contributed by atoms with Gasteiger partial charge in [0.05, 0.1) is 0 Å². The molecule has 0 bridgehead atoms. The van der Waals surface area contributed by atoms with Gasteiger partial charge in [0.2, 0.25) is 0 Å². The Hall–Kier alpha value is -2.12. The van der Waals surface area contributed by atoms with Gasteiger partial charge in [-0.15, -0.1) is 0 Å². The normalized spacial score (nSPS) is 20.7. The Morgan fingerprint density at radius 2 is 0.882 bits per heavy atom. The molecule has 0 aromatic heterocycles. The van der Waals surface area contributed by atoms with Gasteiger partial charge >= 0.3 is 23.9 Å². The standard InChI is InChI=1S/C9H10O8/c10-4(11)8(5(12)13)2-1-3-9(8,6(14)15)7(16)17/h1-3H2,(H,10,11)(H,12,13)(H,14,15)(H,16,17). The molecular weight excluding hydrogens is 236 g/mol. The Morgan fingerprint density at radius 3 is 1.06 bits per heavy atom. The fourth-order valence-corrected chi connectivity index (χ4v) is 2.39. The summed E-state index contributed by atoms with van der Waals surface area (Å²) in [4.78, 5) is 44.3. The zero-order chi connectivity index (χ0) is 13.4. The van der Waals surface area contributed by atoms with Gasteiger partial charge in [0.1, 0.15) is 0 Å². The summed E-state index contributed by atoms with van der Waals surface area (Å²) in [5.74, 6) is -7.75. The second kappa shape index (κ2) is 3.72. The number of hydrogen-bond acceptors (Lipinski definition) is 4. The van der Waals surface area contributed by atoms with Crippen molar-refractivity contribution in [2.75, 3.05) is 0 Å². The third-order valence-corrected chi connectivity index (χ3v) is 3.29. The fourth-order valence-electron chi connectivity index (χ4n) is 2.39. The molecule has 1 aliphatic rings. The average molecular weight is 246 g/mol. The number of rotatable bonds is 4. The van der Waals surface area contributed by atoms with E-state index in [1.165, 1.54) is 0 Å². The van der Waals surface area contributed by atoms with Gasteiger partial charge < -0.3 is 20.4 Å². The largest absolute Gasteiger partial charge is 0.480 e. The summed E-state index contributed by atoms with van der Waals surface area (Å²) in [7, 11) is 0. The molecule has 17 heavy (non-hydrogen) atoms. The minimum absolute atomic E-state index is 0.0861. The molecule has 0 amide bonds. The third kappa shape index (κ3) is 1.30. The molecule has 0 heterocycles. The van der Waals surface area contributed by atoms with Crippen LogP contribution in [0.4, 0.5) is 0 Å². The minimum Gasteiger partial charge on any atom is -0.480 e. The summed E-state index contributed by atoms with van der Waals surface area (Å²) < 4.78 is 0. The van der Waals surface area contributed by atoms with Crippen molar-refractivity contribution in [1.82, 2.24) is 0 Å². The first kappa shape index (κ1) is 12.9. The van der Waals surface area contributed by atoms with Crippen LogP contribution in [0.15, 0.2) is 0 Å². The lowest BCUT2D eigenvalue weighted by molar-refractivity contribution is -0.191. The Bertz CT molecular complexity index is 343. The number of carboxylic acid groups (broad SMARTS) is 4. The van der Waals surface area contributed by atoms with Crippen LogP contribution >= 0.6 is 0 Å². The molecule has 1 fully saturated rings. The van der Waals surface area contributed by atoms with Gasteiger partial charge in [-0.05, 0) is 19.3 Å². The molecule has 0 spiro atoms. The highest BCUT2D eigenvalue weighted by Gasteiger charge is 2.73. The molecule has 8 heteroatoms. The topological polar surface area (TPSA) is 149 Å². The van der Waals surface area contributed by atoms with Crippen LogP contribution in [0, 0.1) is 10.8 Å². The molecule has 0 atom stereocenters. The summed E-state index contributed by atoms with van der Waals surface area (Å²) in [5.41, 5.74) is -5.63. The van der Waals surface area contributed by atoms with Crippen molar-refractivity contribution in [1.29, 1.82) is 0 Å². The first-order valence-electron chi connectivity index (χ1n) is 4.67. The number of hydrogen-bond donors (Lipinski definition) is 4. The lowest BCUT2D eigenvalue weighted by Gasteiger charge is -2.32. The van der Waals surface area contributed by atoms with Crippen molar-refractivity contribution in [2.24, 2.45) is 10.8 Å². The van der Waals surface area contributed by atoms with Crippen molar-refractivity contribution in [2.45, 2.75) is 19.3 Å². The minimum atomic E-state index is -2.81. The van der Waals surface area contributed by atoms with Gasteiger partial charge in [-0.3, -0.25) is 19.2 Å². The summed E-state index contributed by atoms with van der Waals surface area (Å²) in [5, 5.41) is 35.8. The van der Waals surface area contributed by atoms with Gasteiger partial charge in [0.25, 0.3) is 0 Å². The Labute approximate surface area is 94.5 Å². The summed E-state index contributed by atoms with van der Waals surface area (Å²) in [6, 6.07) is 0. The monoisotopic (exact) mass is 246 g/mol. The zero-order valence-corrected chi connectivity index (χ0v) is 8.54.